The van der Waals surface area contributed by atoms with E-state index in [0.717, 1.165) is 16.7 Å². The third kappa shape index (κ3) is 3.60. The van der Waals surface area contributed by atoms with E-state index in [1.807, 2.05) is 19.1 Å². The highest BCUT2D eigenvalue weighted by Crippen LogP contribution is 2.17. The smallest absolute Gasteiger partial charge is 0.207 e. The molecule has 0 amide bonds. The number of hydrogen-bond acceptors (Lipinski definition) is 2. The van der Waals surface area contributed by atoms with Gasteiger partial charge in [0.25, 0.3) is 0 Å². The van der Waals surface area contributed by atoms with Crippen LogP contribution >= 0.6 is 11.6 Å². The summed E-state index contributed by atoms with van der Waals surface area (Å²) < 4.78 is 27.2. The van der Waals surface area contributed by atoms with Crippen molar-refractivity contribution in [1.29, 1.82) is 0 Å². The van der Waals surface area contributed by atoms with Gasteiger partial charge in [-0.25, -0.2) is 13.1 Å². The Balaban J connectivity index is 2.19. The van der Waals surface area contributed by atoms with Gasteiger partial charge in [-0.15, -0.1) is 0 Å². The number of halogens is 1. The van der Waals surface area contributed by atoms with Crippen molar-refractivity contribution in [2.24, 2.45) is 0 Å². The lowest BCUT2D eigenvalue weighted by Gasteiger charge is -2.10. The number of aryl methyl sites for hydroxylation is 2. The normalized spacial score (nSPS) is 11.6. The van der Waals surface area contributed by atoms with Gasteiger partial charge >= 0.3 is 0 Å². The highest BCUT2D eigenvalue weighted by atomic mass is 35.5. The molecule has 0 unspecified atom stereocenters. The van der Waals surface area contributed by atoms with E-state index in [-0.39, 0.29) is 6.54 Å². The van der Waals surface area contributed by atoms with Gasteiger partial charge in [0.1, 0.15) is 0 Å². The number of rotatable bonds is 4. The molecule has 2 aromatic carbocycles. The molecule has 0 aliphatic heterocycles. The Hall–Kier alpha value is -1.36. The zero-order valence-corrected chi connectivity index (χ0v) is 12.9. The van der Waals surface area contributed by atoms with E-state index in [1.54, 1.807) is 37.3 Å². The van der Waals surface area contributed by atoms with Gasteiger partial charge < -0.3 is 0 Å². The molecule has 1 N–H and O–H groups in total. The lowest BCUT2D eigenvalue weighted by atomic mass is 10.2. The van der Waals surface area contributed by atoms with E-state index in [0.29, 0.717) is 9.92 Å². The van der Waals surface area contributed by atoms with Gasteiger partial charge in [0, 0.05) is 11.6 Å². The largest absolute Gasteiger partial charge is 0.241 e. The van der Waals surface area contributed by atoms with Crippen LogP contribution in [0.3, 0.4) is 0 Å². The van der Waals surface area contributed by atoms with Gasteiger partial charge in [-0.3, -0.25) is 0 Å². The van der Waals surface area contributed by atoms with Gasteiger partial charge in [-0.05, 0) is 48.7 Å². The van der Waals surface area contributed by atoms with Gasteiger partial charge in [0.05, 0.1) is 4.90 Å². The highest BCUT2D eigenvalue weighted by Gasteiger charge is 2.16. The van der Waals surface area contributed by atoms with Crippen molar-refractivity contribution in [2.45, 2.75) is 25.3 Å². The lowest BCUT2D eigenvalue weighted by molar-refractivity contribution is 0.580. The number of nitrogens with one attached hydrogen (secondary N) is 1. The topological polar surface area (TPSA) is 46.2 Å². The molecule has 0 atom stereocenters. The lowest BCUT2D eigenvalue weighted by Crippen LogP contribution is -2.24. The summed E-state index contributed by atoms with van der Waals surface area (Å²) in [5.74, 6) is 0. The summed E-state index contributed by atoms with van der Waals surface area (Å²) in [4.78, 5) is 0.325. The monoisotopic (exact) mass is 309 g/mol. The van der Waals surface area contributed by atoms with Crippen LogP contribution in [0.2, 0.25) is 5.02 Å². The standard InChI is InChI=1S/C15H16ClNO2S/c1-11-3-4-12(2)15(9-11)20(18,19)17-10-13-5-7-14(16)8-6-13/h3-9,17H,10H2,1-2H3. The zero-order chi connectivity index (χ0) is 14.8. The molecule has 0 radical (unpaired) electrons. The minimum atomic E-state index is -3.50. The van der Waals surface area contributed by atoms with Gasteiger partial charge in [0.15, 0.2) is 0 Å². The van der Waals surface area contributed by atoms with Crippen molar-refractivity contribution in [3.63, 3.8) is 0 Å². The predicted molar refractivity (Wildman–Crippen MR) is 81.4 cm³/mol. The van der Waals surface area contributed by atoms with Crippen LogP contribution in [0.25, 0.3) is 0 Å². The first-order chi connectivity index (χ1) is 9.38. The Morgan fingerprint density at radius 1 is 1.05 bits per heavy atom. The summed E-state index contributed by atoms with van der Waals surface area (Å²) in [6.45, 7) is 3.90. The van der Waals surface area contributed by atoms with Crippen molar-refractivity contribution in [3.05, 3.63) is 64.2 Å². The van der Waals surface area contributed by atoms with E-state index >= 15 is 0 Å². The Morgan fingerprint density at radius 3 is 2.35 bits per heavy atom. The Morgan fingerprint density at radius 2 is 1.70 bits per heavy atom. The average Bonchev–Trinajstić information content (AvgIpc) is 2.41. The number of sulfonamides is 1. The van der Waals surface area contributed by atoms with E-state index in [9.17, 15) is 8.42 Å². The molecule has 5 heteroatoms. The van der Waals surface area contributed by atoms with Crippen LogP contribution < -0.4 is 4.72 Å². The van der Waals surface area contributed by atoms with Crippen molar-refractivity contribution in [2.75, 3.05) is 0 Å². The van der Waals surface area contributed by atoms with Crippen molar-refractivity contribution >= 4 is 21.6 Å². The molecule has 0 spiro atoms. The summed E-state index contributed by atoms with van der Waals surface area (Å²) in [5.41, 5.74) is 2.52. The minimum Gasteiger partial charge on any atom is -0.207 e. The molecule has 0 aliphatic carbocycles. The SMILES string of the molecule is Cc1ccc(C)c(S(=O)(=O)NCc2ccc(Cl)cc2)c1. The first-order valence-corrected chi connectivity index (χ1v) is 8.06. The van der Waals surface area contributed by atoms with Crippen molar-refractivity contribution in [3.8, 4) is 0 Å². The van der Waals surface area contributed by atoms with Crippen LogP contribution in [0.5, 0.6) is 0 Å². The molecule has 106 valence electrons. The summed E-state index contributed by atoms with van der Waals surface area (Å²) >= 11 is 5.80. The maximum absolute atomic E-state index is 12.3. The average molecular weight is 310 g/mol. The van der Waals surface area contributed by atoms with E-state index < -0.39 is 10.0 Å². The Bertz CT molecular complexity index is 709. The minimum absolute atomic E-state index is 0.243. The van der Waals surface area contributed by atoms with Crippen LogP contribution in [-0.4, -0.2) is 8.42 Å². The van der Waals surface area contributed by atoms with Crippen LogP contribution in [0.15, 0.2) is 47.4 Å². The molecule has 0 saturated carbocycles. The molecular formula is C15H16ClNO2S. The van der Waals surface area contributed by atoms with E-state index in [4.69, 9.17) is 11.6 Å². The second-order valence-electron chi connectivity index (χ2n) is 4.72. The van der Waals surface area contributed by atoms with Gasteiger partial charge in [0.2, 0.25) is 10.0 Å². The summed E-state index contributed by atoms with van der Waals surface area (Å²) in [6, 6.07) is 12.5. The number of benzene rings is 2. The molecule has 0 fully saturated rings. The summed E-state index contributed by atoms with van der Waals surface area (Å²) in [6.07, 6.45) is 0. The second-order valence-corrected chi connectivity index (χ2v) is 6.89. The molecule has 0 saturated heterocycles. The summed E-state index contributed by atoms with van der Waals surface area (Å²) in [7, 11) is -3.50. The third-order valence-electron chi connectivity index (χ3n) is 3.01. The first-order valence-electron chi connectivity index (χ1n) is 6.20. The molecule has 0 heterocycles. The fourth-order valence-electron chi connectivity index (χ4n) is 1.86. The van der Waals surface area contributed by atoms with E-state index in [1.165, 1.54) is 0 Å². The maximum Gasteiger partial charge on any atom is 0.241 e. The van der Waals surface area contributed by atoms with E-state index in [2.05, 4.69) is 4.72 Å². The molecular weight excluding hydrogens is 294 g/mol. The maximum atomic E-state index is 12.3. The zero-order valence-electron chi connectivity index (χ0n) is 11.4. The predicted octanol–water partition coefficient (Wildman–Crippen LogP) is 3.44. The quantitative estimate of drug-likeness (QED) is 0.940. The van der Waals surface area contributed by atoms with Crippen molar-refractivity contribution in [1.82, 2.24) is 4.72 Å². The van der Waals surface area contributed by atoms with Crippen LogP contribution in [0, 0.1) is 13.8 Å². The number of hydrogen-bond donors (Lipinski definition) is 1. The second kappa shape index (κ2) is 5.95. The van der Waals surface area contributed by atoms with Crippen LogP contribution in [0.1, 0.15) is 16.7 Å². The van der Waals surface area contributed by atoms with Gasteiger partial charge in [-0.2, -0.15) is 0 Å². The molecule has 0 aliphatic rings. The molecule has 3 nitrogen and oxygen atoms in total. The molecule has 2 rings (SSSR count). The molecule has 0 aromatic heterocycles. The molecule has 2 aromatic rings. The van der Waals surface area contributed by atoms with Crippen LogP contribution in [0.4, 0.5) is 0 Å². The fourth-order valence-corrected chi connectivity index (χ4v) is 3.33. The molecule has 20 heavy (non-hydrogen) atoms. The highest BCUT2D eigenvalue weighted by molar-refractivity contribution is 7.89. The van der Waals surface area contributed by atoms with Crippen LogP contribution in [-0.2, 0) is 16.6 Å². The first kappa shape index (κ1) is 15.0. The third-order valence-corrected chi connectivity index (χ3v) is 4.81. The fraction of sp³-hybridized carbons (Fsp3) is 0.200. The Kier molecular flexibility index (Phi) is 4.48. The molecule has 0 bridgehead atoms. The van der Waals surface area contributed by atoms with Crippen molar-refractivity contribution < 1.29 is 8.42 Å². The summed E-state index contributed by atoms with van der Waals surface area (Å²) in [5, 5.41) is 0.631. The Labute approximate surface area is 124 Å². The van der Waals surface area contributed by atoms with Gasteiger partial charge in [-0.1, -0.05) is 35.9 Å².